The van der Waals surface area contributed by atoms with E-state index in [9.17, 15) is 18.4 Å². The molecule has 0 fully saturated rings. The summed E-state index contributed by atoms with van der Waals surface area (Å²) >= 11 is 2.50. The molecule has 0 unspecified atom stereocenters. The van der Waals surface area contributed by atoms with E-state index >= 15 is 0 Å². The average Bonchev–Trinajstić information content (AvgIpc) is 3.70. The summed E-state index contributed by atoms with van der Waals surface area (Å²) in [5.41, 5.74) is 10.1. The Kier molecular flexibility index (Phi) is 10.1. The Balaban J connectivity index is 0.000000193. The number of carbonyl (C=O) groups excluding carboxylic acids is 2. The predicted octanol–water partition coefficient (Wildman–Crippen LogP) is 7.77. The highest BCUT2D eigenvalue weighted by Crippen LogP contribution is 2.32. The fourth-order valence-electron chi connectivity index (χ4n) is 3.51. The maximum atomic E-state index is 13.7. The van der Waals surface area contributed by atoms with Crippen molar-refractivity contribution in [1.29, 1.82) is 0 Å². The lowest BCUT2D eigenvalue weighted by atomic mass is 10.2. The number of hydrogen-bond donors (Lipinski definition) is 1. The third-order valence-corrected chi connectivity index (χ3v) is 7.34. The molecule has 14 heteroatoms. The minimum atomic E-state index is -0.721. The second kappa shape index (κ2) is 14.1. The molecule has 0 bridgehead atoms. The van der Waals surface area contributed by atoms with Crippen LogP contribution in [0.25, 0.3) is 48.0 Å². The monoisotopic (exact) mass is 608 g/mol. The van der Waals surface area contributed by atoms with Crippen molar-refractivity contribution >= 4 is 51.0 Å². The zero-order valence-corrected chi connectivity index (χ0v) is 23.8. The summed E-state index contributed by atoms with van der Waals surface area (Å²) in [6, 6.07) is 14.4. The molecule has 214 valence electrons. The highest BCUT2D eigenvalue weighted by molar-refractivity contribution is 7.21. The number of rotatable bonds is 8. The molecular weight excluding hydrogens is 586 g/mol. The number of aromatic amines is 1. The molecule has 0 saturated heterocycles. The molecule has 42 heavy (non-hydrogen) atoms. The van der Waals surface area contributed by atoms with Gasteiger partial charge in [-0.05, 0) is 55.8 Å². The summed E-state index contributed by atoms with van der Waals surface area (Å²) in [6.45, 7) is 3.88. The van der Waals surface area contributed by atoms with Crippen molar-refractivity contribution in [3.05, 3.63) is 99.1 Å². The first-order valence-electron chi connectivity index (χ1n) is 12.4. The van der Waals surface area contributed by atoms with Crippen LogP contribution >= 0.6 is 22.7 Å². The van der Waals surface area contributed by atoms with E-state index in [4.69, 9.17) is 15.0 Å². The van der Waals surface area contributed by atoms with E-state index in [1.54, 1.807) is 56.3 Å². The van der Waals surface area contributed by atoms with Crippen LogP contribution in [0.15, 0.2) is 71.6 Å². The molecule has 0 spiro atoms. The van der Waals surface area contributed by atoms with Crippen LogP contribution in [-0.2, 0) is 14.3 Å². The van der Waals surface area contributed by atoms with E-state index in [0.29, 0.717) is 44.0 Å². The number of azide groups is 1. The number of halogens is 2. The molecule has 0 radical (unpaired) electrons. The fraction of sp³-hybridized carbons (Fsp3) is 0.143. The number of aromatic nitrogens is 3. The predicted molar refractivity (Wildman–Crippen MR) is 157 cm³/mol. The maximum Gasteiger partial charge on any atom is 0.354 e. The molecule has 0 aliphatic rings. The summed E-state index contributed by atoms with van der Waals surface area (Å²) in [7, 11) is 0. The molecule has 2 aromatic carbocycles. The van der Waals surface area contributed by atoms with E-state index < -0.39 is 11.9 Å². The van der Waals surface area contributed by atoms with Gasteiger partial charge in [0.1, 0.15) is 38.7 Å². The standard InChI is InChI=1S/C14H11FN4O2S.C14H11FN2O2S/c1-2-21-14(20)12(18-19-16)7-9-8-17-13(22-9)10-5-3-4-6-11(10)15;1-2-19-14(18)10-7-11-12(16-10)17-13(20-11)8-5-3-4-6-9(8)15/h3-8H,2H2,1H3;3-7,16H,2H2,1H3/b12-7-;. The van der Waals surface area contributed by atoms with Crippen molar-refractivity contribution in [3.63, 3.8) is 0 Å². The van der Waals surface area contributed by atoms with Gasteiger partial charge in [-0.1, -0.05) is 29.4 Å². The first kappa shape index (κ1) is 30.1. The van der Waals surface area contributed by atoms with Gasteiger partial charge in [0.05, 0.1) is 17.9 Å². The van der Waals surface area contributed by atoms with Crippen LogP contribution in [0.4, 0.5) is 8.78 Å². The first-order chi connectivity index (χ1) is 20.3. The van der Waals surface area contributed by atoms with Gasteiger partial charge in [0.2, 0.25) is 0 Å². The van der Waals surface area contributed by atoms with Crippen molar-refractivity contribution in [2.75, 3.05) is 13.2 Å². The average molecular weight is 609 g/mol. The molecule has 0 amide bonds. The Hall–Kier alpha value is -4.91. The first-order valence-corrected chi connectivity index (χ1v) is 14.0. The van der Waals surface area contributed by atoms with Gasteiger partial charge in [-0.15, -0.1) is 22.7 Å². The summed E-state index contributed by atoms with van der Waals surface area (Å²) in [4.78, 5) is 37.7. The van der Waals surface area contributed by atoms with Gasteiger partial charge < -0.3 is 14.5 Å². The Labute approximate surface area is 245 Å². The third kappa shape index (κ3) is 7.23. The Bertz CT molecular complexity index is 1780. The summed E-state index contributed by atoms with van der Waals surface area (Å²) in [5.74, 6) is -1.83. The van der Waals surface area contributed by atoms with E-state index in [1.165, 1.54) is 47.1 Å². The number of esters is 2. The van der Waals surface area contributed by atoms with Crippen LogP contribution in [0.3, 0.4) is 0 Å². The third-order valence-electron chi connectivity index (χ3n) is 5.33. The number of nitrogens with zero attached hydrogens (tertiary/aromatic N) is 5. The Morgan fingerprint density at radius 1 is 1.00 bits per heavy atom. The largest absolute Gasteiger partial charge is 0.462 e. The molecule has 5 rings (SSSR count). The molecule has 0 atom stereocenters. The zero-order valence-electron chi connectivity index (χ0n) is 22.2. The highest BCUT2D eigenvalue weighted by Gasteiger charge is 2.16. The maximum absolute atomic E-state index is 13.7. The van der Waals surface area contributed by atoms with Crippen molar-refractivity contribution in [2.24, 2.45) is 5.11 Å². The van der Waals surface area contributed by atoms with E-state index in [1.807, 2.05) is 0 Å². The number of thiazole rings is 2. The minimum Gasteiger partial charge on any atom is -0.462 e. The number of nitrogens with one attached hydrogen (secondary N) is 1. The van der Waals surface area contributed by atoms with Crippen molar-refractivity contribution in [1.82, 2.24) is 15.0 Å². The molecule has 0 saturated carbocycles. The van der Waals surface area contributed by atoms with Crippen LogP contribution in [0.5, 0.6) is 0 Å². The van der Waals surface area contributed by atoms with Crippen LogP contribution in [0, 0.1) is 11.6 Å². The van der Waals surface area contributed by atoms with Gasteiger partial charge in [0, 0.05) is 27.1 Å². The molecular formula is C28H22F2N6O4S2. The number of ether oxygens (including phenoxy) is 2. The second-order valence-electron chi connectivity index (χ2n) is 8.10. The van der Waals surface area contributed by atoms with Gasteiger partial charge in [0.15, 0.2) is 0 Å². The van der Waals surface area contributed by atoms with E-state index in [0.717, 1.165) is 4.70 Å². The topological polar surface area (TPSA) is 143 Å². The fourth-order valence-corrected chi connectivity index (χ4v) is 5.38. The van der Waals surface area contributed by atoms with E-state index in [-0.39, 0.29) is 23.9 Å². The van der Waals surface area contributed by atoms with Gasteiger partial charge in [-0.25, -0.2) is 28.3 Å². The molecule has 0 aliphatic heterocycles. The molecule has 3 heterocycles. The number of fused-ring (bicyclic) bond motifs is 1. The highest BCUT2D eigenvalue weighted by atomic mass is 32.1. The van der Waals surface area contributed by atoms with Gasteiger partial charge in [-0.3, -0.25) is 0 Å². The molecule has 0 aliphatic carbocycles. The molecule has 3 aromatic heterocycles. The minimum absolute atomic E-state index is 0.167. The number of benzene rings is 2. The van der Waals surface area contributed by atoms with Crippen LogP contribution in [0.1, 0.15) is 29.2 Å². The number of H-pyrrole nitrogens is 1. The van der Waals surface area contributed by atoms with Crippen LogP contribution < -0.4 is 0 Å². The lowest BCUT2D eigenvalue weighted by molar-refractivity contribution is -0.138. The summed E-state index contributed by atoms with van der Waals surface area (Å²) < 4.78 is 37.9. The van der Waals surface area contributed by atoms with Gasteiger partial charge >= 0.3 is 11.9 Å². The quantitative estimate of drug-likeness (QED) is 0.0627. The molecule has 10 nitrogen and oxygen atoms in total. The summed E-state index contributed by atoms with van der Waals surface area (Å²) in [6.07, 6.45) is 2.83. The van der Waals surface area contributed by atoms with Gasteiger partial charge in [0.25, 0.3) is 0 Å². The molecule has 5 aromatic rings. The van der Waals surface area contributed by atoms with Crippen molar-refractivity contribution in [3.8, 4) is 21.1 Å². The second-order valence-corrected chi connectivity index (χ2v) is 10.2. The van der Waals surface area contributed by atoms with Crippen molar-refractivity contribution < 1.29 is 27.8 Å². The molecule has 1 N–H and O–H groups in total. The number of carbonyl (C=O) groups is 2. The van der Waals surface area contributed by atoms with Crippen LogP contribution in [0.2, 0.25) is 0 Å². The van der Waals surface area contributed by atoms with E-state index in [2.05, 4.69) is 25.0 Å². The zero-order chi connectivity index (χ0) is 30.1. The SMILES string of the molecule is CCOC(=O)/C(=C/c1cnc(-c2ccccc2F)s1)N=[N+]=[N-].CCOC(=O)c1cc2sc(-c3ccccc3F)nc2[nH]1. The number of hydrogen-bond acceptors (Lipinski definition) is 9. The smallest absolute Gasteiger partial charge is 0.354 e. The summed E-state index contributed by atoms with van der Waals surface area (Å²) in [5, 5.41) is 4.36. The Morgan fingerprint density at radius 2 is 1.64 bits per heavy atom. The van der Waals surface area contributed by atoms with Crippen molar-refractivity contribution in [2.45, 2.75) is 13.8 Å². The lowest BCUT2D eigenvalue weighted by Gasteiger charge is -1.99. The van der Waals surface area contributed by atoms with Crippen LogP contribution in [-0.4, -0.2) is 40.1 Å². The lowest BCUT2D eigenvalue weighted by Crippen LogP contribution is -2.05. The normalized spacial score (nSPS) is 10.9. The van der Waals surface area contributed by atoms with Gasteiger partial charge in [-0.2, -0.15) is 0 Å². The Morgan fingerprint density at radius 3 is 2.24 bits per heavy atom.